The fourth-order valence-corrected chi connectivity index (χ4v) is 3.05. The highest BCUT2D eigenvalue weighted by Crippen LogP contribution is 2.30. The first-order valence-corrected chi connectivity index (χ1v) is 7.78. The second-order valence-corrected chi connectivity index (χ2v) is 5.84. The minimum atomic E-state index is 0.194. The van der Waals surface area contributed by atoms with Crippen LogP contribution in [0.15, 0.2) is 40.4 Å². The monoisotopic (exact) mass is 286 g/mol. The summed E-state index contributed by atoms with van der Waals surface area (Å²) in [6, 6.07) is 8.45. The van der Waals surface area contributed by atoms with Crippen molar-refractivity contribution in [3.8, 4) is 0 Å². The largest absolute Gasteiger partial charge is 0.459 e. The average molecular weight is 286 g/mol. The van der Waals surface area contributed by atoms with Gasteiger partial charge in [0.25, 0.3) is 0 Å². The maximum absolute atomic E-state index is 6.05. The van der Waals surface area contributed by atoms with Crippen LogP contribution in [0.3, 0.4) is 0 Å². The molecule has 1 atom stereocenters. The van der Waals surface area contributed by atoms with E-state index in [0.717, 1.165) is 24.3 Å². The van der Waals surface area contributed by atoms with Crippen LogP contribution in [0, 0.1) is 0 Å². The lowest BCUT2D eigenvalue weighted by Gasteiger charge is -2.12. The Morgan fingerprint density at radius 2 is 2.20 bits per heavy atom. The maximum atomic E-state index is 6.05. The molecule has 0 fully saturated rings. The highest BCUT2D eigenvalue weighted by atomic mass is 32.1. The van der Waals surface area contributed by atoms with Crippen LogP contribution in [0.25, 0.3) is 11.0 Å². The van der Waals surface area contributed by atoms with Crippen LogP contribution in [0.4, 0.5) is 0 Å². The van der Waals surface area contributed by atoms with Crippen molar-refractivity contribution in [3.05, 3.63) is 52.2 Å². The first kappa shape index (κ1) is 13.3. The normalized spacial score (nSPS) is 12.9. The molecule has 0 aliphatic carbocycles. The summed E-state index contributed by atoms with van der Waals surface area (Å²) >= 11 is 1.67. The minimum Gasteiger partial charge on any atom is -0.459 e. The van der Waals surface area contributed by atoms with Gasteiger partial charge < -0.3 is 9.73 Å². The average Bonchev–Trinajstić information content (AvgIpc) is 3.11. The summed E-state index contributed by atoms with van der Waals surface area (Å²) in [4.78, 5) is 5.34. The van der Waals surface area contributed by atoms with Crippen LogP contribution in [-0.4, -0.2) is 4.98 Å². The van der Waals surface area contributed by atoms with E-state index in [4.69, 9.17) is 4.42 Å². The second-order valence-electron chi connectivity index (χ2n) is 4.86. The van der Waals surface area contributed by atoms with E-state index in [1.165, 1.54) is 15.8 Å². The fourth-order valence-electron chi connectivity index (χ4n) is 2.51. The molecule has 0 aliphatic rings. The van der Waals surface area contributed by atoms with Gasteiger partial charge in [-0.2, -0.15) is 0 Å². The molecule has 0 bridgehead atoms. The molecular formula is C16H18N2OS. The summed E-state index contributed by atoms with van der Waals surface area (Å²) < 4.78 is 6.05. The van der Waals surface area contributed by atoms with Crippen molar-refractivity contribution in [1.29, 1.82) is 0 Å². The molecule has 1 unspecified atom stereocenters. The summed E-state index contributed by atoms with van der Waals surface area (Å²) in [5.74, 6) is 1.05. The second kappa shape index (κ2) is 5.77. The van der Waals surface area contributed by atoms with Gasteiger partial charge in [0, 0.05) is 28.6 Å². The summed E-state index contributed by atoms with van der Waals surface area (Å²) in [6.07, 6.45) is 2.89. The molecule has 0 saturated heterocycles. The zero-order chi connectivity index (χ0) is 13.9. The molecule has 20 heavy (non-hydrogen) atoms. The summed E-state index contributed by atoms with van der Waals surface area (Å²) in [6.45, 7) is 5.15. The van der Waals surface area contributed by atoms with E-state index >= 15 is 0 Å². The molecule has 3 nitrogen and oxygen atoms in total. The smallest absolute Gasteiger partial charge is 0.134 e. The van der Waals surface area contributed by atoms with E-state index in [1.54, 1.807) is 11.3 Å². The van der Waals surface area contributed by atoms with Gasteiger partial charge in [0.05, 0.1) is 11.6 Å². The Bertz CT molecular complexity index is 688. The van der Waals surface area contributed by atoms with E-state index in [2.05, 4.69) is 36.3 Å². The van der Waals surface area contributed by atoms with Crippen LogP contribution in [0.2, 0.25) is 0 Å². The number of hydrogen-bond donors (Lipinski definition) is 1. The number of furan rings is 1. The van der Waals surface area contributed by atoms with E-state index in [1.807, 2.05) is 23.8 Å². The van der Waals surface area contributed by atoms with Crippen LogP contribution >= 0.6 is 11.3 Å². The molecule has 104 valence electrons. The SMILES string of the molecule is CCc1c(C(C)NCc2cncs2)oc2ccccc12. The van der Waals surface area contributed by atoms with Crippen molar-refractivity contribution >= 4 is 22.3 Å². The lowest BCUT2D eigenvalue weighted by atomic mass is 10.1. The Morgan fingerprint density at radius 3 is 2.95 bits per heavy atom. The lowest BCUT2D eigenvalue weighted by molar-refractivity contribution is 0.447. The molecule has 3 rings (SSSR count). The Kier molecular flexibility index (Phi) is 3.85. The number of para-hydroxylation sites is 1. The quantitative estimate of drug-likeness (QED) is 0.760. The highest BCUT2D eigenvalue weighted by molar-refractivity contribution is 7.09. The van der Waals surface area contributed by atoms with E-state index < -0.39 is 0 Å². The number of hydrogen-bond acceptors (Lipinski definition) is 4. The predicted octanol–water partition coefficient (Wildman–Crippen LogP) is 4.30. The first-order chi connectivity index (χ1) is 9.79. The molecule has 0 radical (unpaired) electrons. The molecular weight excluding hydrogens is 268 g/mol. The number of benzene rings is 1. The van der Waals surface area contributed by atoms with Crippen LogP contribution in [0.5, 0.6) is 0 Å². The van der Waals surface area contributed by atoms with Gasteiger partial charge in [-0.15, -0.1) is 11.3 Å². The third-order valence-corrected chi connectivity index (χ3v) is 4.32. The van der Waals surface area contributed by atoms with E-state index in [-0.39, 0.29) is 6.04 Å². The molecule has 1 N–H and O–H groups in total. The van der Waals surface area contributed by atoms with Crippen molar-refractivity contribution in [1.82, 2.24) is 10.3 Å². The van der Waals surface area contributed by atoms with Gasteiger partial charge in [0.2, 0.25) is 0 Å². The highest BCUT2D eigenvalue weighted by Gasteiger charge is 2.17. The molecule has 0 amide bonds. The van der Waals surface area contributed by atoms with Crippen molar-refractivity contribution in [2.75, 3.05) is 0 Å². The van der Waals surface area contributed by atoms with E-state index in [9.17, 15) is 0 Å². The van der Waals surface area contributed by atoms with Crippen molar-refractivity contribution < 1.29 is 4.42 Å². The van der Waals surface area contributed by atoms with Crippen molar-refractivity contribution in [2.24, 2.45) is 0 Å². The fraction of sp³-hybridized carbons (Fsp3) is 0.312. The van der Waals surface area contributed by atoms with Crippen LogP contribution < -0.4 is 5.32 Å². The zero-order valence-electron chi connectivity index (χ0n) is 11.7. The third kappa shape index (κ3) is 2.49. The number of aryl methyl sites for hydroxylation is 1. The third-order valence-electron chi connectivity index (χ3n) is 3.54. The Morgan fingerprint density at radius 1 is 1.35 bits per heavy atom. The van der Waals surface area contributed by atoms with Crippen LogP contribution in [-0.2, 0) is 13.0 Å². The van der Waals surface area contributed by atoms with Gasteiger partial charge in [0.15, 0.2) is 0 Å². The lowest BCUT2D eigenvalue weighted by Crippen LogP contribution is -2.18. The number of nitrogens with one attached hydrogen (secondary N) is 1. The summed E-state index contributed by atoms with van der Waals surface area (Å²) in [7, 11) is 0. The van der Waals surface area contributed by atoms with Gasteiger partial charge in [-0.25, -0.2) is 0 Å². The Labute approximate surface area is 122 Å². The maximum Gasteiger partial charge on any atom is 0.134 e. The molecule has 1 aromatic carbocycles. The zero-order valence-corrected chi connectivity index (χ0v) is 12.5. The molecule has 3 aromatic rings. The molecule has 0 spiro atoms. The Hall–Kier alpha value is -1.65. The molecule has 0 saturated carbocycles. The van der Waals surface area contributed by atoms with Crippen molar-refractivity contribution in [2.45, 2.75) is 32.9 Å². The number of fused-ring (bicyclic) bond motifs is 1. The molecule has 2 aromatic heterocycles. The van der Waals surface area contributed by atoms with Gasteiger partial charge in [-0.3, -0.25) is 4.98 Å². The predicted molar refractivity (Wildman–Crippen MR) is 83.0 cm³/mol. The topological polar surface area (TPSA) is 38.1 Å². The number of rotatable bonds is 5. The van der Waals surface area contributed by atoms with Gasteiger partial charge in [-0.05, 0) is 19.4 Å². The first-order valence-electron chi connectivity index (χ1n) is 6.90. The number of aromatic nitrogens is 1. The number of thiazole rings is 1. The van der Waals surface area contributed by atoms with Gasteiger partial charge >= 0.3 is 0 Å². The molecule has 0 aliphatic heterocycles. The minimum absolute atomic E-state index is 0.194. The summed E-state index contributed by atoms with van der Waals surface area (Å²) in [5, 5.41) is 4.75. The summed E-state index contributed by atoms with van der Waals surface area (Å²) in [5.41, 5.74) is 4.15. The molecule has 4 heteroatoms. The Balaban J connectivity index is 1.85. The van der Waals surface area contributed by atoms with Gasteiger partial charge in [0.1, 0.15) is 11.3 Å². The van der Waals surface area contributed by atoms with Crippen LogP contribution in [0.1, 0.15) is 36.1 Å². The number of nitrogens with zero attached hydrogens (tertiary/aromatic N) is 1. The van der Waals surface area contributed by atoms with E-state index in [0.29, 0.717) is 0 Å². The molecule has 2 heterocycles. The van der Waals surface area contributed by atoms with Crippen molar-refractivity contribution in [3.63, 3.8) is 0 Å². The van der Waals surface area contributed by atoms with Gasteiger partial charge in [-0.1, -0.05) is 25.1 Å². The standard InChI is InChI=1S/C16H18N2OS/c1-3-13-14-6-4-5-7-15(14)19-16(13)11(2)18-9-12-8-17-10-20-12/h4-8,10-11,18H,3,9H2,1-2H3.